The van der Waals surface area contributed by atoms with Crippen molar-refractivity contribution >= 4 is 11.6 Å². The van der Waals surface area contributed by atoms with Crippen molar-refractivity contribution < 1.29 is 9.47 Å². The van der Waals surface area contributed by atoms with Crippen LogP contribution in [0.5, 0.6) is 11.5 Å². The van der Waals surface area contributed by atoms with E-state index in [9.17, 15) is 0 Å². The largest absolute Gasteiger partial charge is 0.493 e. The summed E-state index contributed by atoms with van der Waals surface area (Å²) in [7, 11) is 1.65. The van der Waals surface area contributed by atoms with Gasteiger partial charge in [0.1, 0.15) is 0 Å². The molecule has 1 aromatic carbocycles. The standard InChI is InChI=1S/C12H16ClNO2/c1-7(6-14)9-5-10(13)8-3-4-16-12(8)11(9)15-2/h5,7H,3-4,6,14H2,1-2H3. The van der Waals surface area contributed by atoms with Gasteiger partial charge in [0.05, 0.1) is 13.7 Å². The molecule has 0 aromatic heterocycles. The number of benzene rings is 1. The van der Waals surface area contributed by atoms with Crippen molar-refractivity contribution in [1.82, 2.24) is 0 Å². The Hall–Kier alpha value is -0.930. The van der Waals surface area contributed by atoms with Crippen LogP contribution in [0.3, 0.4) is 0 Å². The van der Waals surface area contributed by atoms with Gasteiger partial charge in [0.2, 0.25) is 0 Å². The molecule has 0 spiro atoms. The second-order valence-corrected chi connectivity index (χ2v) is 4.43. The second kappa shape index (κ2) is 4.52. The van der Waals surface area contributed by atoms with Gasteiger partial charge in [-0.1, -0.05) is 18.5 Å². The number of ether oxygens (including phenoxy) is 2. The summed E-state index contributed by atoms with van der Waals surface area (Å²) in [5.41, 5.74) is 7.75. The molecule has 0 amide bonds. The summed E-state index contributed by atoms with van der Waals surface area (Å²) in [5.74, 6) is 1.79. The van der Waals surface area contributed by atoms with E-state index < -0.39 is 0 Å². The number of hydrogen-bond donors (Lipinski definition) is 1. The molecule has 0 bridgehead atoms. The van der Waals surface area contributed by atoms with Gasteiger partial charge in [-0.2, -0.15) is 0 Å². The Bertz CT molecular complexity index is 406. The summed E-state index contributed by atoms with van der Waals surface area (Å²) in [5, 5.41) is 0.753. The highest BCUT2D eigenvalue weighted by Crippen LogP contribution is 2.44. The molecule has 4 heteroatoms. The average Bonchev–Trinajstić information content (AvgIpc) is 2.77. The van der Waals surface area contributed by atoms with Gasteiger partial charge in [0.25, 0.3) is 0 Å². The number of rotatable bonds is 3. The average molecular weight is 242 g/mol. The van der Waals surface area contributed by atoms with Gasteiger partial charge in [0, 0.05) is 22.6 Å². The molecule has 1 unspecified atom stereocenters. The Morgan fingerprint density at radius 1 is 1.62 bits per heavy atom. The fraction of sp³-hybridized carbons (Fsp3) is 0.500. The van der Waals surface area contributed by atoms with Gasteiger partial charge in [-0.25, -0.2) is 0 Å². The van der Waals surface area contributed by atoms with E-state index in [0.29, 0.717) is 13.2 Å². The third kappa shape index (κ3) is 1.74. The molecule has 0 fully saturated rings. The van der Waals surface area contributed by atoms with Gasteiger partial charge >= 0.3 is 0 Å². The summed E-state index contributed by atoms with van der Waals surface area (Å²) in [6, 6.07) is 1.95. The zero-order chi connectivity index (χ0) is 11.7. The minimum atomic E-state index is 0.210. The lowest BCUT2D eigenvalue weighted by atomic mass is 9.97. The number of halogens is 1. The number of fused-ring (bicyclic) bond motifs is 1. The molecule has 2 rings (SSSR count). The molecule has 3 nitrogen and oxygen atoms in total. The topological polar surface area (TPSA) is 44.5 Å². The predicted octanol–water partition coefficient (Wildman–Crippen LogP) is 2.35. The lowest BCUT2D eigenvalue weighted by molar-refractivity contribution is 0.323. The number of nitrogens with two attached hydrogens (primary N) is 1. The van der Waals surface area contributed by atoms with Gasteiger partial charge < -0.3 is 15.2 Å². The fourth-order valence-corrected chi connectivity index (χ4v) is 2.31. The Morgan fingerprint density at radius 2 is 2.38 bits per heavy atom. The first kappa shape index (κ1) is 11.6. The second-order valence-electron chi connectivity index (χ2n) is 4.02. The summed E-state index contributed by atoms with van der Waals surface area (Å²) >= 11 is 6.23. The first-order chi connectivity index (χ1) is 7.69. The van der Waals surface area contributed by atoms with Gasteiger partial charge in [-0.15, -0.1) is 0 Å². The lowest BCUT2D eigenvalue weighted by Gasteiger charge is -2.17. The fourth-order valence-electron chi connectivity index (χ4n) is 2.01. The highest BCUT2D eigenvalue weighted by molar-refractivity contribution is 6.31. The molecule has 16 heavy (non-hydrogen) atoms. The molecule has 0 saturated heterocycles. The van der Waals surface area contributed by atoms with Crippen molar-refractivity contribution in [3.05, 3.63) is 22.2 Å². The third-order valence-electron chi connectivity index (χ3n) is 3.00. The first-order valence-corrected chi connectivity index (χ1v) is 5.79. The third-order valence-corrected chi connectivity index (χ3v) is 3.34. The molecule has 1 aliphatic heterocycles. The maximum absolute atomic E-state index is 6.23. The van der Waals surface area contributed by atoms with E-state index in [4.69, 9.17) is 26.8 Å². The van der Waals surface area contributed by atoms with Crippen LogP contribution in [0.2, 0.25) is 5.02 Å². The first-order valence-electron chi connectivity index (χ1n) is 5.41. The van der Waals surface area contributed by atoms with Crippen LogP contribution in [-0.4, -0.2) is 20.3 Å². The molecule has 0 radical (unpaired) electrons. The lowest BCUT2D eigenvalue weighted by Crippen LogP contribution is -2.10. The highest BCUT2D eigenvalue weighted by Gasteiger charge is 2.25. The molecule has 1 aliphatic rings. The van der Waals surface area contributed by atoms with Crippen molar-refractivity contribution in [2.24, 2.45) is 5.73 Å². The molecule has 0 aliphatic carbocycles. The van der Waals surface area contributed by atoms with Crippen LogP contribution < -0.4 is 15.2 Å². The van der Waals surface area contributed by atoms with E-state index in [-0.39, 0.29) is 5.92 Å². The van der Waals surface area contributed by atoms with E-state index in [1.807, 2.05) is 6.07 Å². The maximum Gasteiger partial charge on any atom is 0.166 e. The minimum Gasteiger partial charge on any atom is -0.493 e. The Morgan fingerprint density at radius 3 is 3.00 bits per heavy atom. The Kier molecular flexibility index (Phi) is 3.26. The zero-order valence-corrected chi connectivity index (χ0v) is 10.3. The highest BCUT2D eigenvalue weighted by atomic mass is 35.5. The molecule has 88 valence electrons. The maximum atomic E-state index is 6.23. The molecule has 1 aromatic rings. The SMILES string of the molecule is COc1c(C(C)CN)cc(Cl)c2c1OCC2. The number of methoxy groups -OCH3 is 1. The van der Waals surface area contributed by atoms with Crippen molar-refractivity contribution in [3.8, 4) is 11.5 Å². The van der Waals surface area contributed by atoms with Gasteiger partial charge in [-0.05, 0) is 18.5 Å². The summed E-state index contributed by atoms with van der Waals surface area (Å²) in [4.78, 5) is 0. The van der Waals surface area contributed by atoms with Gasteiger partial charge in [0.15, 0.2) is 11.5 Å². The van der Waals surface area contributed by atoms with Crippen LogP contribution in [-0.2, 0) is 6.42 Å². The monoisotopic (exact) mass is 241 g/mol. The number of hydrogen-bond acceptors (Lipinski definition) is 3. The quantitative estimate of drug-likeness (QED) is 0.884. The Labute approximate surface area is 100 Å². The van der Waals surface area contributed by atoms with Crippen LogP contribution >= 0.6 is 11.6 Å². The molecule has 2 N–H and O–H groups in total. The van der Waals surface area contributed by atoms with Crippen LogP contribution in [0.25, 0.3) is 0 Å². The van der Waals surface area contributed by atoms with Crippen molar-refractivity contribution in [1.29, 1.82) is 0 Å². The van der Waals surface area contributed by atoms with E-state index in [0.717, 1.165) is 34.1 Å². The van der Waals surface area contributed by atoms with E-state index in [2.05, 4.69) is 6.92 Å². The van der Waals surface area contributed by atoms with Crippen LogP contribution in [0.1, 0.15) is 24.0 Å². The predicted molar refractivity (Wildman–Crippen MR) is 64.7 cm³/mol. The molecule has 1 heterocycles. The molecule has 0 saturated carbocycles. The Balaban J connectivity index is 2.57. The van der Waals surface area contributed by atoms with Crippen LogP contribution in [0.15, 0.2) is 6.07 Å². The smallest absolute Gasteiger partial charge is 0.166 e. The van der Waals surface area contributed by atoms with E-state index >= 15 is 0 Å². The van der Waals surface area contributed by atoms with Crippen LogP contribution in [0, 0.1) is 0 Å². The molecular formula is C12H16ClNO2. The van der Waals surface area contributed by atoms with E-state index in [1.165, 1.54) is 0 Å². The molecular weight excluding hydrogens is 226 g/mol. The molecule has 1 atom stereocenters. The minimum absolute atomic E-state index is 0.210. The zero-order valence-electron chi connectivity index (χ0n) is 9.55. The summed E-state index contributed by atoms with van der Waals surface area (Å²) in [6.07, 6.45) is 0.849. The van der Waals surface area contributed by atoms with Crippen molar-refractivity contribution in [2.75, 3.05) is 20.3 Å². The normalized spacial score (nSPS) is 15.5. The van der Waals surface area contributed by atoms with Crippen molar-refractivity contribution in [2.45, 2.75) is 19.3 Å². The summed E-state index contributed by atoms with van der Waals surface area (Å²) in [6.45, 7) is 3.28. The van der Waals surface area contributed by atoms with Gasteiger partial charge in [-0.3, -0.25) is 0 Å². The summed E-state index contributed by atoms with van der Waals surface area (Å²) < 4.78 is 11.0. The van der Waals surface area contributed by atoms with Crippen LogP contribution in [0.4, 0.5) is 0 Å². The van der Waals surface area contributed by atoms with E-state index in [1.54, 1.807) is 7.11 Å². The van der Waals surface area contributed by atoms with Crippen molar-refractivity contribution in [3.63, 3.8) is 0 Å².